The molecule has 1 aromatic carbocycles. The maximum absolute atomic E-state index is 12.2. The Morgan fingerprint density at radius 3 is 2.70 bits per heavy atom. The first-order chi connectivity index (χ1) is 9.46. The van der Waals surface area contributed by atoms with Gasteiger partial charge in [-0.2, -0.15) is 0 Å². The third kappa shape index (κ3) is 3.26. The fourth-order valence-corrected chi connectivity index (χ4v) is 3.68. The van der Waals surface area contributed by atoms with E-state index in [9.17, 15) is 8.42 Å². The lowest BCUT2D eigenvalue weighted by Crippen LogP contribution is -2.13. The Labute approximate surface area is 125 Å². The zero-order chi connectivity index (χ0) is 14.8. The summed E-state index contributed by atoms with van der Waals surface area (Å²) in [5.74, 6) is 0. The van der Waals surface area contributed by atoms with Gasteiger partial charge >= 0.3 is 0 Å². The number of rotatable bonds is 5. The van der Waals surface area contributed by atoms with E-state index in [-0.39, 0.29) is 21.7 Å². The van der Waals surface area contributed by atoms with Gasteiger partial charge in [0.25, 0.3) is 10.0 Å². The Morgan fingerprint density at radius 2 is 2.15 bits per heavy atom. The fraction of sp³-hybridized carbons (Fsp3) is 0.273. The summed E-state index contributed by atoms with van der Waals surface area (Å²) in [5, 5.41) is 17.8. The SMILES string of the molecule is CCc1nnc(NS(=O)(=O)c2ccc(CO)c(Cl)c2)s1. The van der Waals surface area contributed by atoms with Gasteiger partial charge in [-0.3, -0.25) is 4.72 Å². The van der Waals surface area contributed by atoms with Gasteiger partial charge in [-0.15, -0.1) is 10.2 Å². The number of nitrogens with one attached hydrogen (secondary N) is 1. The van der Waals surface area contributed by atoms with Crippen LogP contribution in [0.3, 0.4) is 0 Å². The van der Waals surface area contributed by atoms with Crippen molar-refractivity contribution in [3.8, 4) is 0 Å². The second-order valence-electron chi connectivity index (χ2n) is 3.87. The normalized spacial score (nSPS) is 11.6. The van der Waals surface area contributed by atoms with Crippen molar-refractivity contribution in [2.45, 2.75) is 24.8 Å². The van der Waals surface area contributed by atoms with Crippen LogP contribution in [0, 0.1) is 0 Å². The summed E-state index contributed by atoms with van der Waals surface area (Å²) in [6.07, 6.45) is 0.691. The molecule has 0 saturated carbocycles. The van der Waals surface area contributed by atoms with Crippen LogP contribution in [0.25, 0.3) is 0 Å². The van der Waals surface area contributed by atoms with Crippen molar-refractivity contribution in [2.75, 3.05) is 4.72 Å². The molecule has 0 spiro atoms. The second-order valence-corrected chi connectivity index (χ2v) is 7.02. The molecule has 0 atom stereocenters. The summed E-state index contributed by atoms with van der Waals surface area (Å²) in [4.78, 5) is 0.00736. The highest BCUT2D eigenvalue weighted by molar-refractivity contribution is 7.93. The predicted molar refractivity (Wildman–Crippen MR) is 77.5 cm³/mol. The van der Waals surface area contributed by atoms with Gasteiger partial charge in [0, 0.05) is 5.02 Å². The van der Waals surface area contributed by atoms with Crippen LogP contribution in [-0.4, -0.2) is 23.7 Å². The summed E-state index contributed by atoms with van der Waals surface area (Å²) < 4.78 is 26.7. The molecule has 9 heteroatoms. The molecule has 2 rings (SSSR count). The number of nitrogens with zero attached hydrogens (tertiary/aromatic N) is 2. The van der Waals surface area contributed by atoms with Crippen LogP contribution in [0.2, 0.25) is 5.02 Å². The zero-order valence-corrected chi connectivity index (χ0v) is 12.9. The van der Waals surface area contributed by atoms with Crippen LogP contribution < -0.4 is 4.72 Å². The van der Waals surface area contributed by atoms with E-state index in [4.69, 9.17) is 16.7 Å². The standard InChI is InChI=1S/C11H12ClN3O3S2/c1-2-10-13-14-11(19-10)15-20(17,18)8-4-3-7(6-16)9(12)5-8/h3-5,16H,2,6H2,1H3,(H,14,15). The fourth-order valence-electron chi connectivity index (χ4n) is 1.44. The molecule has 108 valence electrons. The average molecular weight is 334 g/mol. The van der Waals surface area contributed by atoms with E-state index >= 15 is 0 Å². The van der Waals surface area contributed by atoms with Crippen LogP contribution in [0.5, 0.6) is 0 Å². The minimum atomic E-state index is -3.76. The highest BCUT2D eigenvalue weighted by Crippen LogP contribution is 2.24. The van der Waals surface area contributed by atoms with Crippen molar-refractivity contribution in [1.82, 2.24) is 10.2 Å². The smallest absolute Gasteiger partial charge is 0.263 e. The summed E-state index contributed by atoms with van der Waals surface area (Å²) in [6, 6.07) is 4.13. The number of aliphatic hydroxyl groups is 1. The maximum Gasteiger partial charge on any atom is 0.263 e. The van der Waals surface area contributed by atoms with Gasteiger partial charge in [-0.25, -0.2) is 8.42 Å². The Morgan fingerprint density at radius 1 is 1.40 bits per heavy atom. The number of hydrogen-bond acceptors (Lipinski definition) is 6. The summed E-state index contributed by atoms with van der Waals surface area (Å²) in [5.41, 5.74) is 0.467. The predicted octanol–water partition coefficient (Wildman–Crippen LogP) is 2.05. The zero-order valence-electron chi connectivity index (χ0n) is 10.5. The highest BCUT2D eigenvalue weighted by atomic mass is 35.5. The van der Waals surface area contributed by atoms with Gasteiger partial charge in [-0.1, -0.05) is 35.9 Å². The van der Waals surface area contributed by atoms with Gasteiger partial charge < -0.3 is 5.11 Å². The molecule has 0 unspecified atom stereocenters. The minimum Gasteiger partial charge on any atom is -0.392 e. The van der Waals surface area contributed by atoms with Crippen molar-refractivity contribution in [1.29, 1.82) is 0 Å². The van der Waals surface area contributed by atoms with Crippen molar-refractivity contribution < 1.29 is 13.5 Å². The molecule has 1 aromatic heterocycles. The lowest BCUT2D eigenvalue weighted by molar-refractivity contribution is 0.282. The van der Waals surface area contributed by atoms with Crippen molar-refractivity contribution in [3.63, 3.8) is 0 Å². The average Bonchev–Trinajstić information content (AvgIpc) is 2.85. The first-order valence-electron chi connectivity index (χ1n) is 5.70. The van der Waals surface area contributed by atoms with E-state index in [1.807, 2.05) is 6.92 Å². The first-order valence-corrected chi connectivity index (χ1v) is 8.38. The van der Waals surface area contributed by atoms with Gasteiger partial charge in [0.15, 0.2) is 0 Å². The Kier molecular flexibility index (Phi) is 4.59. The van der Waals surface area contributed by atoms with Crippen LogP contribution in [0.1, 0.15) is 17.5 Å². The van der Waals surface area contributed by atoms with E-state index < -0.39 is 10.0 Å². The number of benzene rings is 1. The molecule has 1 heterocycles. The quantitative estimate of drug-likeness (QED) is 0.873. The van der Waals surface area contributed by atoms with Crippen LogP contribution in [-0.2, 0) is 23.1 Å². The number of aromatic nitrogens is 2. The molecule has 2 N–H and O–H groups in total. The number of anilines is 1. The third-order valence-electron chi connectivity index (χ3n) is 2.50. The Balaban J connectivity index is 2.28. The first kappa shape index (κ1) is 15.2. The van der Waals surface area contributed by atoms with E-state index in [0.29, 0.717) is 12.0 Å². The summed E-state index contributed by atoms with van der Waals surface area (Å²) in [7, 11) is -3.76. The molecule has 0 saturated heterocycles. The molecule has 0 fully saturated rings. The number of hydrogen-bond donors (Lipinski definition) is 2. The van der Waals surface area contributed by atoms with Crippen molar-refractivity contribution >= 4 is 38.1 Å². The van der Waals surface area contributed by atoms with E-state index in [1.54, 1.807) is 0 Å². The van der Waals surface area contributed by atoms with Gasteiger partial charge in [-0.05, 0) is 24.1 Å². The van der Waals surface area contributed by atoms with E-state index in [2.05, 4.69) is 14.9 Å². The summed E-state index contributed by atoms with van der Waals surface area (Å²) in [6.45, 7) is 1.66. The lowest BCUT2D eigenvalue weighted by atomic mass is 10.2. The lowest BCUT2D eigenvalue weighted by Gasteiger charge is -2.07. The van der Waals surface area contributed by atoms with Gasteiger partial charge in [0.2, 0.25) is 5.13 Å². The maximum atomic E-state index is 12.2. The second kappa shape index (κ2) is 6.04. The van der Waals surface area contributed by atoms with Crippen LogP contribution in [0.4, 0.5) is 5.13 Å². The Hall–Kier alpha value is -1.22. The molecule has 0 bridgehead atoms. The molecular formula is C11H12ClN3O3S2. The van der Waals surface area contributed by atoms with Gasteiger partial charge in [0.1, 0.15) is 5.01 Å². The number of halogens is 1. The molecule has 0 amide bonds. The molecule has 0 aliphatic heterocycles. The molecular weight excluding hydrogens is 322 g/mol. The van der Waals surface area contributed by atoms with E-state index in [0.717, 1.165) is 5.01 Å². The molecule has 2 aromatic rings. The van der Waals surface area contributed by atoms with E-state index in [1.165, 1.54) is 29.5 Å². The molecule has 0 aliphatic rings. The summed E-state index contributed by atoms with van der Waals surface area (Å²) >= 11 is 7.07. The van der Waals surface area contributed by atoms with Crippen molar-refractivity contribution in [2.24, 2.45) is 0 Å². The molecule has 6 nitrogen and oxygen atoms in total. The highest BCUT2D eigenvalue weighted by Gasteiger charge is 2.18. The topological polar surface area (TPSA) is 92.2 Å². The molecule has 20 heavy (non-hydrogen) atoms. The van der Waals surface area contributed by atoms with Gasteiger partial charge in [0.05, 0.1) is 11.5 Å². The third-order valence-corrected chi connectivity index (χ3v) is 5.30. The largest absolute Gasteiger partial charge is 0.392 e. The number of aryl methyl sites for hydroxylation is 1. The number of sulfonamides is 1. The van der Waals surface area contributed by atoms with Crippen LogP contribution in [0.15, 0.2) is 23.1 Å². The Bertz CT molecular complexity index is 715. The van der Waals surface area contributed by atoms with Crippen LogP contribution >= 0.6 is 22.9 Å². The monoisotopic (exact) mass is 333 g/mol. The minimum absolute atomic E-state index is 0.00736. The number of aliphatic hydroxyl groups excluding tert-OH is 1. The van der Waals surface area contributed by atoms with Crippen molar-refractivity contribution in [3.05, 3.63) is 33.8 Å². The molecule has 0 radical (unpaired) electrons. The molecule has 0 aliphatic carbocycles.